The fourth-order valence-electron chi connectivity index (χ4n) is 2.23. The van der Waals surface area contributed by atoms with Gasteiger partial charge in [-0.15, -0.1) is 0 Å². The van der Waals surface area contributed by atoms with Gasteiger partial charge in [0.1, 0.15) is 0 Å². The van der Waals surface area contributed by atoms with Crippen LogP contribution >= 0.6 is 0 Å². The van der Waals surface area contributed by atoms with E-state index in [9.17, 15) is 8.78 Å². The second-order valence-electron chi connectivity index (χ2n) is 4.27. The van der Waals surface area contributed by atoms with Gasteiger partial charge < -0.3 is 0 Å². The highest BCUT2D eigenvalue weighted by molar-refractivity contribution is 5.35. The van der Waals surface area contributed by atoms with E-state index >= 15 is 0 Å². The summed E-state index contributed by atoms with van der Waals surface area (Å²) in [6.07, 6.45) is 1.20. The number of hydrogen-bond acceptors (Lipinski definition) is 2. The lowest BCUT2D eigenvalue weighted by Gasteiger charge is -2.15. The highest BCUT2D eigenvalue weighted by Crippen LogP contribution is 2.23. The molecule has 0 aliphatic heterocycles. The molecule has 1 aliphatic rings. The Bertz CT molecular complexity index is 366. The third-order valence-corrected chi connectivity index (χ3v) is 3.14. The molecule has 0 saturated carbocycles. The van der Waals surface area contributed by atoms with Crippen LogP contribution in [-0.2, 0) is 19.3 Å². The summed E-state index contributed by atoms with van der Waals surface area (Å²) in [6.45, 7) is 0. The standard InChI is InChI=1S/C12H16F2N2/c13-12(14)11(16-15)7-8-4-5-9-2-1-3-10(9)6-8/h4-6,11-12,16H,1-3,7,15H2. The molecule has 0 saturated heterocycles. The number of halogens is 2. The summed E-state index contributed by atoms with van der Waals surface area (Å²) in [4.78, 5) is 0. The molecule has 0 spiro atoms. The van der Waals surface area contributed by atoms with Gasteiger partial charge in [0.05, 0.1) is 6.04 Å². The smallest absolute Gasteiger partial charge is 0.255 e. The summed E-state index contributed by atoms with van der Waals surface area (Å²) < 4.78 is 25.0. The Balaban J connectivity index is 2.10. The van der Waals surface area contributed by atoms with E-state index in [0.717, 1.165) is 18.4 Å². The molecule has 1 aliphatic carbocycles. The Morgan fingerprint density at radius 1 is 1.25 bits per heavy atom. The predicted octanol–water partition coefficient (Wildman–Crippen LogP) is 1.81. The van der Waals surface area contributed by atoms with E-state index in [-0.39, 0.29) is 6.42 Å². The van der Waals surface area contributed by atoms with E-state index in [1.807, 2.05) is 12.1 Å². The first kappa shape index (κ1) is 11.5. The minimum atomic E-state index is -2.43. The highest BCUT2D eigenvalue weighted by Gasteiger charge is 2.20. The van der Waals surface area contributed by atoms with Crippen LogP contribution in [0.15, 0.2) is 18.2 Å². The van der Waals surface area contributed by atoms with E-state index in [0.29, 0.717) is 0 Å². The Morgan fingerprint density at radius 2 is 2.00 bits per heavy atom. The molecule has 16 heavy (non-hydrogen) atoms. The van der Waals surface area contributed by atoms with Crippen molar-refractivity contribution in [1.82, 2.24) is 5.43 Å². The summed E-state index contributed by atoms with van der Waals surface area (Å²) in [5.74, 6) is 5.10. The Kier molecular flexibility index (Phi) is 3.51. The third-order valence-electron chi connectivity index (χ3n) is 3.14. The zero-order chi connectivity index (χ0) is 11.5. The number of rotatable bonds is 4. The van der Waals surface area contributed by atoms with E-state index in [1.165, 1.54) is 17.5 Å². The monoisotopic (exact) mass is 226 g/mol. The molecule has 1 aromatic rings. The van der Waals surface area contributed by atoms with Gasteiger partial charge in [0.2, 0.25) is 0 Å². The molecule has 0 heterocycles. The lowest BCUT2D eigenvalue weighted by Crippen LogP contribution is -2.42. The van der Waals surface area contributed by atoms with Gasteiger partial charge in [-0.1, -0.05) is 18.2 Å². The van der Waals surface area contributed by atoms with Gasteiger partial charge in [-0.05, 0) is 42.4 Å². The van der Waals surface area contributed by atoms with Gasteiger partial charge in [-0.3, -0.25) is 11.3 Å². The molecule has 2 rings (SSSR count). The topological polar surface area (TPSA) is 38.0 Å². The van der Waals surface area contributed by atoms with Gasteiger partial charge in [0, 0.05) is 0 Å². The molecule has 3 N–H and O–H groups in total. The van der Waals surface area contributed by atoms with Crippen LogP contribution in [-0.4, -0.2) is 12.5 Å². The molecule has 1 unspecified atom stereocenters. The lowest BCUT2D eigenvalue weighted by atomic mass is 10.0. The van der Waals surface area contributed by atoms with E-state index in [4.69, 9.17) is 5.84 Å². The average molecular weight is 226 g/mol. The van der Waals surface area contributed by atoms with Crippen molar-refractivity contribution in [2.45, 2.75) is 38.2 Å². The van der Waals surface area contributed by atoms with Crippen molar-refractivity contribution in [3.8, 4) is 0 Å². The number of fused-ring (bicyclic) bond motifs is 1. The zero-order valence-corrected chi connectivity index (χ0v) is 9.05. The maximum absolute atomic E-state index is 12.5. The van der Waals surface area contributed by atoms with Gasteiger partial charge in [0.25, 0.3) is 6.43 Å². The maximum atomic E-state index is 12.5. The molecule has 1 atom stereocenters. The van der Waals surface area contributed by atoms with Crippen LogP contribution in [0.3, 0.4) is 0 Å². The quantitative estimate of drug-likeness (QED) is 0.607. The van der Waals surface area contributed by atoms with Crippen molar-refractivity contribution < 1.29 is 8.78 Å². The molecule has 1 aromatic carbocycles. The second-order valence-corrected chi connectivity index (χ2v) is 4.27. The average Bonchev–Trinajstić information content (AvgIpc) is 2.72. The van der Waals surface area contributed by atoms with Crippen molar-refractivity contribution >= 4 is 0 Å². The minimum Gasteiger partial charge on any atom is -0.271 e. The number of nitrogens with one attached hydrogen (secondary N) is 1. The Hall–Kier alpha value is -1.00. The molecule has 0 fully saturated rings. The van der Waals surface area contributed by atoms with Crippen LogP contribution in [0.4, 0.5) is 8.78 Å². The molecule has 2 nitrogen and oxygen atoms in total. The molecule has 4 heteroatoms. The molecule has 0 radical (unpaired) electrons. The van der Waals surface area contributed by atoms with Gasteiger partial charge in [0.15, 0.2) is 0 Å². The number of hydrogen-bond donors (Lipinski definition) is 2. The first-order valence-corrected chi connectivity index (χ1v) is 5.55. The second kappa shape index (κ2) is 4.89. The third kappa shape index (κ3) is 2.39. The van der Waals surface area contributed by atoms with Gasteiger partial charge in [-0.25, -0.2) is 8.78 Å². The fraction of sp³-hybridized carbons (Fsp3) is 0.500. The predicted molar refractivity (Wildman–Crippen MR) is 59.3 cm³/mol. The number of alkyl halides is 2. The molecule has 0 amide bonds. The van der Waals surface area contributed by atoms with Crippen molar-refractivity contribution in [2.24, 2.45) is 5.84 Å². The normalized spacial score (nSPS) is 16.5. The molecular weight excluding hydrogens is 210 g/mol. The van der Waals surface area contributed by atoms with Gasteiger partial charge >= 0.3 is 0 Å². The van der Waals surface area contributed by atoms with E-state index < -0.39 is 12.5 Å². The first-order chi connectivity index (χ1) is 7.70. The number of nitrogens with two attached hydrogens (primary N) is 1. The first-order valence-electron chi connectivity index (χ1n) is 5.55. The largest absolute Gasteiger partial charge is 0.271 e. The maximum Gasteiger partial charge on any atom is 0.255 e. The Morgan fingerprint density at radius 3 is 2.69 bits per heavy atom. The van der Waals surface area contributed by atoms with Crippen LogP contribution in [0.2, 0.25) is 0 Å². The minimum absolute atomic E-state index is 0.279. The van der Waals surface area contributed by atoms with Crippen LogP contribution in [0.5, 0.6) is 0 Å². The van der Waals surface area contributed by atoms with Crippen LogP contribution < -0.4 is 11.3 Å². The van der Waals surface area contributed by atoms with E-state index in [1.54, 1.807) is 0 Å². The number of hydrazine groups is 1. The van der Waals surface area contributed by atoms with Crippen LogP contribution in [0.1, 0.15) is 23.1 Å². The number of benzene rings is 1. The lowest BCUT2D eigenvalue weighted by molar-refractivity contribution is 0.0984. The van der Waals surface area contributed by atoms with Crippen LogP contribution in [0, 0.1) is 0 Å². The summed E-state index contributed by atoms with van der Waals surface area (Å²) in [5.41, 5.74) is 5.77. The van der Waals surface area contributed by atoms with Crippen molar-refractivity contribution in [1.29, 1.82) is 0 Å². The Labute approximate surface area is 93.8 Å². The SMILES string of the molecule is NNC(Cc1ccc2c(c1)CCC2)C(F)F. The van der Waals surface area contributed by atoms with Crippen molar-refractivity contribution in [3.63, 3.8) is 0 Å². The van der Waals surface area contributed by atoms with E-state index in [2.05, 4.69) is 11.5 Å². The summed E-state index contributed by atoms with van der Waals surface area (Å²) in [7, 11) is 0. The zero-order valence-electron chi connectivity index (χ0n) is 9.05. The summed E-state index contributed by atoms with van der Waals surface area (Å²) in [5, 5.41) is 0. The molecule has 0 aromatic heterocycles. The number of aryl methyl sites for hydroxylation is 2. The summed E-state index contributed by atoms with van der Waals surface area (Å²) in [6, 6.07) is 5.06. The fourth-order valence-corrected chi connectivity index (χ4v) is 2.23. The summed E-state index contributed by atoms with van der Waals surface area (Å²) >= 11 is 0. The molecular formula is C12H16F2N2. The highest BCUT2D eigenvalue weighted by atomic mass is 19.3. The van der Waals surface area contributed by atoms with Crippen LogP contribution in [0.25, 0.3) is 0 Å². The van der Waals surface area contributed by atoms with Crippen molar-refractivity contribution in [3.05, 3.63) is 34.9 Å². The molecule has 88 valence electrons. The van der Waals surface area contributed by atoms with Crippen molar-refractivity contribution in [2.75, 3.05) is 0 Å². The van der Waals surface area contributed by atoms with Gasteiger partial charge in [-0.2, -0.15) is 0 Å². The molecule has 0 bridgehead atoms.